The Kier molecular flexibility index (Phi) is 36.1. The van der Waals surface area contributed by atoms with Crippen molar-refractivity contribution in [1.29, 1.82) is 0 Å². The first-order valence-electron chi connectivity index (χ1n) is 21.2. The number of aliphatic hydroxyl groups is 3. The molecular formula is C42H80O8. The summed E-state index contributed by atoms with van der Waals surface area (Å²) < 4.78 is 10.7. The first-order valence-corrected chi connectivity index (χ1v) is 21.2. The molecule has 0 saturated heterocycles. The Labute approximate surface area is 307 Å². The summed E-state index contributed by atoms with van der Waals surface area (Å²) in [5.41, 5.74) is 0. The summed E-state index contributed by atoms with van der Waals surface area (Å²) >= 11 is 0. The van der Waals surface area contributed by atoms with Gasteiger partial charge in [-0.2, -0.15) is 0 Å². The molecule has 0 amide bonds. The van der Waals surface area contributed by atoms with Gasteiger partial charge in [-0.3, -0.25) is 14.4 Å². The van der Waals surface area contributed by atoms with Gasteiger partial charge in [-0.25, -0.2) is 0 Å². The highest BCUT2D eigenvalue weighted by molar-refractivity contribution is 5.74. The van der Waals surface area contributed by atoms with Crippen molar-refractivity contribution in [3.05, 3.63) is 0 Å². The summed E-state index contributed by atoms with van der Waals surface area (Å²) in [6.07, 6.45) is 30.2. The van der Waals surface area contributed by atoms with Crippen LogP contribution in [-0.2, 0) is 23.9 Å². The van der Waals surface area contributed by atoms with Crippen LogP contribution in [0.15, 0.2) is 0 Å². The SMILES string of the molecule is CCCCCCCCCCCCCCCCCC(=O)O[C@@H]([C@H](O)[C@H](O)CO)[C@H](C=O)OC(=O)CCCCCCCCCCCCCCCCC. The Morgan fingerprint density at radius 3 is 1.04 bits per heavy atom. The number of esters is 2. The lowest BCUT2D eigenvalue weighted by molar-refractivity contribution is -0.185. The minimum absolute atomic E-state index is 0.0926. The summed E-state index contributed by atoms with van der Waals surface area (Å²) in [6.45, 7) is 3.70. The molecule has 8 heteroatoms. The Morgan fingerprint density at radius 2 is 0.760 bits per heavy atom. The predicted molar refractivity (Wildman–Crippen MR) is 204 cm³/mol. The van der Waals surface area contributed by atoms with Gasteiger partial charge in [0.25, 0.3) is 0 Å². The van der Waals surface area contributed by atoms with E-state index in [1.54, 1.807) is 0 Å². The summed E-state index contributed by atoms with van der Waals surface area (Å²) in [5.74, 6) is -1.26. The van der Waals surface area contributed by atoms with Gasteiger partial charge in [-0.05, 0) is 12.8 Å². The molecule has 0 unspecified atom stereocenters. The molecule has 296 valence electrons. The van der Waals surface area contributed by atoms with E-state index in [2.05, 4.69) is 13.8 Å². The van der Waals surface area contributed by atoms with Crippen LogP contribution in [0, 0.1) is 0 Å². The molecule has 0 aliphatic heterocycles. The summed E-state index contributed by atoms with van der Waals surface area (Å²) in [6, 6.07) is 0. The molecule has 0 radical (unpaired) electrons. The number of unbranched alkanes of at least 4 members (excludes halogenated alkanes) is 28. The van der Waals surface area contributed by atoms with Crippen molar-refractivity contribution in [1.82, 2.24) is 0 Å². The number of carbonyl (C=O) groups excluding carboxylic acids is 3. The molecule has 0 aliphatic carbocycles. The average Bonchev–Trinajstić information content (AvgIpc) is 3.12. The van der Waals surface area contributed by atoms with E-state index in [-0.39, 0.29) is 12.8 Å². The lowest BCUT2D eigenvalue weighted by Crippen LogP contribution is -2.50. The third kappa shape index (κ3) is 30.1. The van der Waals surface area contributed by atoms with E-state index >= 15 is 0 Å². The monoisotopic (exact) mass is 713 g/mol. The number of carbonyl (C=O) groups is 3. The number of hydrogen-bond donors (Lipinski definition) is 3. The zero-order chi connectivity index (χ0) is 36.9. The van der Waals surface area contributed by atoms with Crippen LogP contribution in [0.4, 0.5) is 0 Å². The van der Waals surface area contributed by atoms with E-state index in [9.17, 15) is 29.7 Å². The highest BCUT2D eigenvalue weighted by atomic mass is 16.6. The van der Waals surface area contributed by atoms with Crippen molar-refractivity contribution in [2.45, 2.75) is 244 Å². The number of ether oxygens (including phenoxy) is 2. The third-order valence-electron chi connectivity index (χ3n) is 9.88. The van der Waals surface area contributed by atoms with Crippen molar-refractivity contribution < 1.29 is 39.2 Å². The second-order valence-electron chi connectivity index (χ2n) is 14.7. The average molecular weight is 713 g/mol. The molecule has 50 heavy (non-hydrogen) atoms. The highest BCUT2D eigenvalue weighted by Gasteiger charge is 2.38. The maximum absolute atomic E-state index is 12.6. The minimum Gasteiger partial charge on any atom is -0.455 e. The molecule has 0 aromatic heterocycles. The molecule has 0 aliphatic rings. The summed E-state index contributed by atoms with van der Waals surface area (Å²) in [4.78, 5) is 37.0. The Morgan fingerprint density at radius 1 is 0.480 bits per heavy atom. The van der Waals surface area contributed by atoms with Crippen molar-refractivity contribution in [2.75, 3.05) is 6.61 Å². The van der Waals surface area contributed by atoms with Crippen LogP contribution < -0.4 is 0 Å². The van der Waals surface area contributed by atoms with Crippen LogP contribution >= 0.6 is 0 Å². The number of hydrogen-bond acceptors (Lipinski definition) is 8. The highest BCUT2D eigenvalue weighted by Crippen LogP contribution is 2.18. The van der Waals surface area contributed by atoms with Crippen LogP contribution in [0.1, 0.15) is 219 Å². The molecule has 0 aromatic carbocycles. The predicted octanol–water partition coefficient (Wildman–Crippen LogP) is 10.2. The van der Waals surface area contributed by atoms with Gasteiger partial charge in [0.15, 0.2) is 18.5 Å². The number of rotatable bonds is 39. The van der Waals surface area contributed by atoms with E-state index in [0.717, 1.165) is 38.5 Å². The van der Waals surface area contributed by atoms with E-state index in [0.29, 0.717) is 19.1 Å². The van der Waals surface area contributed by atoms with Crippen LogP contribution in [-0.4, -0.2) is 64.6 Å². The molecule has 0 fully saturated rings. The fourth-order valence-electron chi connectivity index (χ4n) is 6.53. The van der Waals surface area contributed by atoms with Gasteiger partial charge in [0.2, 0.25) is 0 Å². The third-order valence-corrected chi connectivity index (χ3v) is 9.88. The van der Waals surface area contributed by atoms with Gasteiger partial charge in [0, 0.05) is 12.8 Å². The van der Waals surface area contributed by atoms with Crippen LogP contribution in [0.2, 0.25) is 0 Å². The van der Waals surface area contributed by atoms with Crippen molar-refractivity contribution in [3.63, 3.8) is 0 Å². The van der Waals surface area contributed by atoms with E-state index in [1.807, 2.05) is 0 Å². The van der Waals surface area contributed by atoms with Crippen LogP contribution in [0.5, 0.6) is 0 Å². The van der Waals surface area contributed by atoms with Crippen molar-refractivity contribution >= 4 is 18.2 Å². The Balaban J connectivity index is 4.18. The smallest absolute Gasteiger partial charge is 0.306 e. The van der Waals surface area contributed by atoms with E-state index in [1.165, 1.54) is 141 Å². The quantitative estimate of drug-likeness (QED) is 0.0326. The van der Waals surface area contributed by atoms with Gasteiger partial charge in [-0.1, -0.05) is 194 Å². The van der Waals surface area contributed by atoms with E-state index in [4.69, 9.17) is 9.47 Å². The topological polar surface area (TPSA) is 130 Å². The van der Waals surface area contributed by atoms with Crippen molar-refractivity contribution in [2.24, 2.45) is 0 Å². The molecule has 0 saturated carbocycles. The van der Waals surface area contributed by atoms with Crippen LogP contribution in [0.3, 0.4) is 0 Å². The van der Waals surface area contributed by atoms with Crippen LogP contribution in [0.25, 0.3) is 0 Å². The fraction of sp³-hybridized carbons (Fsp3) is 0.929. The number of aldehydes is 1. The molecule has 0 bridgehead atoms. The summed E-state index contributed by atoms with van der Waals surface area (Å²) in [5, 5.41) is 29.9. The van der Waals surface area contributed by atoms with Crippen molar-refractivity contribution in [3.8, 4) is 0 Å². The van der Waals surface area contributed by atoms with Gasteiger partial charge in [-0.15, -0.1) is 0 Å². The molecular weight excluding hydrogens is 632 g/mol. The molecule has 0 rings (SSSR count). The molecule has 4 atom stereocenters. The molecule has 3 N–H and O–H groups in total. The maximum Gasteiger partial charge on any atom is 0.306 e. The second kappa shape index (κ2) is 37.3. The maximum atomic E-state index is 12.6. The van der Waals surface area contributed by atoms with Gasteiger partial charge < -0.3 is 24.8 Å². The fourth-order valence-corrected chi connectivity index (χ4v) is 6.53. The first-order chi connectivity index (χ1) is 24.4. The summed E-state index contributed by atoms with van der Waals surface area (Å²) in [7, 11) is 0. The standard InChI is InChI=1S/C42H80O8/c1-3-5-7-9-11-13-15-17-19-21-23-25-27-29-31-33-39(46)49-38(36-44)42(41(48)37(45)35-43)50-40(47)34-32-30-28-26-24-22-20-18-16-14-12-10-8-6-4-2/h36-38,41-43,45,48H,3-35H2,1-2H3/t37-,38+,41-,42-/m1/s1. The normalized spacial score (nSPS) is 13.9. The Bertz CT molecular complexity index is 760. The molecule has 0 spiro atoms. The Hall–Kier alpha value is -1.51. The lowest BCUT2D eigenvalue weighted by atomic mass is 10.0. The van der Waals surface area contributed by atoms with Gasteiger partial charge in [0.1, 0.15) is 12.2 Å². The van der Waals surface area contributed by atoms with E-state index < -0.39 is 43.0 Å². The molecule has 0 aromatic rings. The second-order valence-corrected chi connectivity index (χ2v) is 14.7. The molecule has 0 heterocycles. The lowest BCUT2D eigenvalue weighted by Gasteiger charge is -2.29. The molecule has 8 nitrogen and oxygen atoms in total. The zero-order valence-corrected chi connectivity index (χ0v) is 32.6. The number of aliphatic hydroxyl groups excluding tert-OH is 3. The first kappa shape index (κ1) is 48.5. The van der Waals surface area contributed by atoms with Gasteiger partial charge >= 0.3 is 11.9 Å². The van der Waals surface area contributed by atoms with Gasteiger partial charge in [0.05, 0.1) is 6.61 Å². The largest absolute Gasteiger partial charge is 0.455 e. The zero-order valence-electron chi connectivity index (χ0n) is 32.6. The minimum atomic E-state index is -1.78.